The van der Waals surface area contributed by atoms with Gasteiger partial charge in [-0.2, -0.15) is 0 Å². The molecule has 0 spiro atoms. The van der Waals surface area contributed by atoms with E-state index in [-0.39, 0.29) is 0 Å². The molecule has 0 aliphatic carbocycles. The van der Waals surface area contributed by atoms with Crippen LogP contribution in [0.15, 0.2) is 58.3 Å². The standard InChI is InChI=1S/C13H12O2S2/c1-17(14,15)13-8-4-11(5-9-13)10-2-6-12(16)7-3-10/h2-9,16H,1H3. The summed E-state index contributed by atoms with van der Waals surface area (Å²) < 4.78 is 22.6. The second kappa shape index (κ2) is 4.55. The number of hydrogen-bond acceptors (Lipinski definition) is 3. The third-order valence-corrected chi connectivity index (χ3v) is 3.91. The van der Waals surface area contributed by atoms with Gasteiger partial charge in [-0.25, -0.2) is 8.42 Å². The summed E-state index contributed by atoms with van der Waals surface area (Å²) >= 11 is 4.22. The van der Waals surface area contributed by atoms with Crippen LogP contribution in [-0.4, -0.2) is 14.7 Å². The summed E-state index contributed by atoms with van der Waals surface area (Å²) in [4.78, 5) is 1.24. The fourth-order valence-electron chi connectivity index (χ4n) is 1.55. The quantitative estimate of drug-likeness (QED) is 0.846. The Morgan fingerprint density at radius 1 is 0.824 bits per heavy atom. The van der Waals surface area contributed by atoms with Gasteiger partial charge in [-0.1, -0.05) is 24.3 Å². The fraction of sp³-hybridized carbons (Fsp3) is 0.0769. The number of thiol groups is 1. The van der Waals surface area contributed by atoms with Crippen LogP contribution in [0, 0.1) is 0 Å². The molecule has 0 aliphatic rings. The first kappa shape index (κ1) is 12.2. The number of benzene rings is 2. The highest BCUT2D eigenvalue weighted by Crippen LogP contribution is 2.22. The normalized spacial score (nSPS) is 11.4. The van der Waals surface area contributed by atoms with Crippen LogP contribution >= 0.6 is 12.6 Å². The largest absolute Gasteiger partial charge is 0.224 e. The molecule has 2 aromatic carbocycles. The lowest BCUT2D eigenvalue weighted by Gasteiger charge is -2.03. The van der Waals surface area contributed by atoms with Crippen molar-refractivity contribution in [3.05, 3.63) is 48.5 Å². The second-order valence-electron chi connectivity index (χ2n) is 3.84. The Kier molecular flexibility index (Phi) is 3.26. The second-order valence-corrected chi connectivity index (χ2v) is 6.38. The predicted molar refractivity (Wildman–Crippen MR) is 72.2 cm³/mol. The van der Waals surface area contributed by atoms with E-state index < -0.39 is 9.84 Å². The monoisotopic (exact) mass is 264 g/mol. The van der Waals surface area contributed by atoms with Gasteiger partial charge in [-0.3, -0.25) is 0 Å². The highest BCUT2D eigenvalue weighted by atomic mass is 32.2. The van der Waals surface area contributed by atoms with E-state index >= 15 is 0 Å². The molecule has 0 saturated heterocycles. The zero-order valence-corrected chi connectivity index (χ0v) is 11.0. The lowest BCUT2D eigenvalue weighted by Crippen LogP contribution is -1.96. The minimum absolute atomic E-state index is 0.340. The van der Waals surface area contributed by atoms with Crippen molar-refractivity contribution >= 4 is 22.5 Å². The Morgan fingerprint density at radius 3 is 1.65 bits per heavy atom. The van der Waals surface area contributed by atoms with Crippen molar-refractivity contribution in [2.24, 2.45) is 0 Å². The first-order valence-corrected chi connectivity index (χ1v) is 7.40. The molecular formula is C13H12O2S2. The Morgan fingerprint density at radius 2 is 1.24 bits per heavy atom. The molecule has 2 nitrogen and oxygen atoms in total. The van der Waals surface area contributed by atoms with Gasteiger partial charge < -0.3 is 0 Å². The maximum Gasteiger partial charge on any atom is 0.175 e. The molecule has 0 aliphatic heterocycles. The lowest BCUT2D eigenvalue weighted by atomic mass is 10.1. The van der Waals surface area contributed by atoms with E-state index in [9.17, 15) is 8.42 Å². The van der Waals surface area contributed by atoms with Crippen LogP contribution in [0.1, 0.15) is 0 Å². The van der Waals surface area contributed by atoms with Crippen LogP contribution in [0.5, 0.6) is 0 Å². The molecule has 17 heavy (non-hydrogen) atoms. The number of rotatable bonds is 2. The minimum atomic E-state index is -3.12. The summed E-state index contributed by atoms with van der Waals surface area (Å²) in [7, 11) is -3.12. The van der Waals surface area contributed by atoms with Crippen molar-refractivity contribution in [2.75, 3.05) is 6.26 Å². The van der Waals surface area contributed by atoms with Gasteiger partial charge in [0.2, 0.25) is 0 Å². The average Bonchev–Trinajstić information content (AvgIpc) is 2.29. The molecule has 0 unspecified atom stereocenters. The van der Waals surface area contributed by atoms with Crippen molar-refractivity contribution in [3.63, 3.8) is 0 Å². The Hall–Kier alpha value is -1.26. The zero-order chi connectivity index (χ0) is 12.5. The van der Waals surface area contributed by atoms with Crippen molar-refractivity contribution in [1.29, 1.82) is 0 Å². The van der Waals surface area contributed by atoms with Gasteiger partial charge in [-0.15, -0.1) is 12.6 Å². The lowest BCUT2D eigenvalue weighted by molar-refractivity contribution is 0.602. The van der Waals surface area contributed by atoms with E-state index in [1.165, 1.54) is 6.26 Å². The SMILES string of the molecule is CS(=O)(=O)c1ccc(-c2ccc(S)cc2)cc1. The molecular weight excluding hydrogens is 252 g/mol. The molecule has 0 atom stereocenters. The first-order valence-electron chi connectivity index (χ1n) is 5.06. The van der Waals surface area contributed by atoms with Gasteiger partial charge in [0.1, 0.15) is 0 Å². The van der Waals surface area contributed by atoms with Crippen LogP contribution in [0.4, 0.5) is 0 Å². The number of hydrogen-bond donors (Lipinski definition) is 1. The van der Waals surface area contributed by atoms with Crippen LogP contribution in [0.2, 0.25) is 0 Å². The van der Waals surface area contributed by atoms with Crippen LogP contribution in [0.3, 0.4) is 0 Å². The van der Waals surface area contributed by atoms with E-state index in [0.717, 1.165) is 16.0 Å². The fourth-order valence-corrected chi connectivity index (χ4v) is 2.33. The summed E-state index contributed by atoms with van der Waals surface area (Å²) in [5, 5.41) is 0. The average molecular weight is 264 g/mol. The first-order chi connectivity index (χ1) is 7.97. The minimum Gasteiger partial charge on any atom is -0.224 e. The highest BCUT2D eigenvalue weighted by Gasteiger charge is 2.06. The molecule has 88 valence electrons. The highest BCUT2D eigenvalue weighted by molar-refractivity contribution is 7.90. The van der Waals surface area contributed by atoms with Gasteiger partial charge in [0, 0.05) is 11.2 Å². The van der Waals surface area contributed by atoms with E-state index in [1.54, 1.807) is 12.1 Å². The Bertz CT molecular complexity index is 611. The van der Waals surface area contributed by atoms with E-state index in [1.807, 2.05) is 36.4 Å². The van der Waals surface area contributed by atoms with Crippen LogP contribution in [-0.2, 0) is 9.84 Å². The van der Waals surface area contributed by atoms with Gasteiger partial charge in [0.25, 0.3) is 0 Å². The van der Waals surface area contributed by atoms with Crippen molar-refractivity contribution in [1.82, 2.24) is 0 Å². The van der Waals surface area contributed by atoms with Crippen LogP contribution in [0.25, 0.3) is 11.1 Å². The Labute approximate surface area is 107 Å². The molecule has 0 aromatic heterocycles. The molecule has 0 heterocycles. The molecule has 4 heteroatoms. The predicted octanol–water partition coefficient (Wildman–Crippen LogP) is 3.05. The third kappa shape index (κ3) is 2.90. The van der Waals surface area contributed by atoms with E-state index in [4.69, 9.17) is 0 Å². The molecule has 0 bridgehead atoms. The van der Waals surface area contributed by atoms with Crippen molar-refractivity contribution in [2.45, 2.75) is 9.79 Å². The van der Waals surface area contributed by atoms with Gasteiger partial charge in [0.05, 0.1) is 4.90 Å². The third-order valence-electron chi connectivity index (χ3n) is 2.48. The molecule has 0 radical (unpaired) electrons. The summed E-state index contributed by atoms with van der Waals surface area (Å²) in [6, 6.07) is 14.6. The van der Waals surface area contributed by atoms with E-state index in [2.05, 4.69) is 12.6 Å². The molecule has 0 saturated carbocycles. The molecule has 0 N–H and O–H groups in total. The summed E-state index contributed by atoms with van der Waals surface area (Å²) in [5.74, 6) is 0. The summed E-state index contributed by atoms with van der Waals surface area (Å²) in [5.41, 5.74) is 2.04. The molecule has 0 amide bonds. The van der Waals surface area contributed by atoms with E-state index in [0.29, 0.717) is 4.90 Å². The summed E-state index contributed by atoms with van der Waals surface area (Å²) in [6.45, 7) is 0. The molecule has 2 rings (SSSR count). The maximum atomic E-state index is 11.3. The smallest absolute Gasteiger partial charge is 0.175 e. The van der Waals surface area contributed by atoms with Gasteiger partial charge in [-0.05, 0) is 35.4 Å². The Balaban J connectivity index is 2.39. The molecule has 0 fully saturated rings. The van der Waals surface area contributed by atoms with Gasteiger partial charge >= 0.3 is 0 Å². The zero-order valence-electron chi connectivity index (χ0n) is 9.29. The van der Waals surface area contributed by atoms with Crippen molar-refractivity contribution in [3.8, 4) is 11.1 Å². The molecule has 2 aromatic rings. The van der Waals surface area contributed by atoms with Crippen LogP contribution < -0.4 is 0 Å². The number of sulfone groups is 1. The summed E-state index contributed by atoms with van der Waals surface area (Å²) in [6.07, 6.45) is 1.21. The topological polar surface area (TPSA) is 34.1 Å². The van der Waals surface area contributed by atoms with Crippen molar-refractivity contribution < 1.29 is 8.42 Å². The van der Waals surface area contributed by atoms with Gasteiger partial charge in [0.15, 0.2) is 9.84 Å². The maximum absolute atomic E-state index is 11.3.